The number of hydrogen-bond acceptors (Lipinski definition) is 5. The Bertz CT molecular complexity index is 1350. The number of aromatic nitrogens is 2. The summed E-state index contributed by atoms with van der Waals surface area (Å²) in [6.07, 6.45) is 1.89. The van der Waals surface area contributed by atoms with Crippen LogP contribution in [-0.4, -0.2) is 42.6 Å². The third-order valence-electron chi connectivity index (χ3n) is 5.15. The predicted octanol–water partition coefficient (Wildman–Crippen LogP) is 4.07. The summed E-state index contributed by atoms with van der Waals surface area (Å²) in [6.45, 7) is 0.257. The number of nitrogens with one attached hydrogen (secondary N) is 1. The van der Waals surface area contributed by atoms with Crippen molar-refractivity contribution in [3.05, 3.63) is 89.7 Å². The van der Waals surface area contributed by atoms with Crippen LogP contribution in [0.2, 0.25) is 0 Å². The lowest BCUT2D eigenvalue weighted by Crippen LogP contribution is -2.32. The van der Waals surface area contributed by atoms with Crippen molar-refractivity contribution < 1.29 is 17.6 Å². The zero-order valence-electron chi connectivity index (χ0n) is 18.4. The number of amides is 1. The Morgan fingerprint density at radius 1 is 1.09 bits per heavy atom. The molecule has 0 saturated carbocycles. The average molecular weight is 499 g/mol. The first-order chi connectivity index (χ1) is 16.3. The first-order valence-corrected chi connectivity index (χ1v) is 12.9. The summed E-state index contributed by atoms with van der Waals surface area (Å²) in [5.41, 5.74) is 2.60. The van der Waals surface area contributed by atoms with Gasteiger partial charge in [0.2, 0.25) is 15.9 Å². The normalized spacial score (nSPS) is 11.5. The molecule has 0 fully saturated rings. The highest BCUT2D eigenvalue weighted by Gasteiger charge is 2.19. The van der Waals surface area contributed by atoms with Gasteiger partial charge >= 0.3 is 0 Å². The highest BCUT2D eigenvalue weighted by atomic mass is 32.2. The molecule has 176 valence electrons. The number of hydrogen-bond donors (Lipinski definition) is 1. The van der Waals surface area contributed by atoms with Gasteiger partial charge in [0.05, 0.1) is 15.5 Å². The maximum absolute atomic E-state index is 13.0. The molecule has 10 heteroatoms. The number of carbonyl (C=O) groups excluding carboxylic acids is 1. The fourth-order valence-electron chi connectivity index (χ4n) is 3.38. The van der Waals surface area contributed by atoms with E-state index in [9.17, 15) is 17.6 Å². The molecule has 0 aliphatic rings. The molecule has 1 amide bonds. The minimum atomic E-state index is -3.82. The first kappa shape index (κ1) is 23.8. The molecule has 0 unspecified atom stereocenters. The van der Waals surface area contributed by atoms with E-state index >= 15 is 0 Å². The molecule has 2 heterocycles. The number of rotatable bonds is 9. The van der Waals surface area contributed by atoms with E-state index in [4.69, 9.17) is 5.10 Å². The Hall–Kier alpha value is -3.34. The van der Waals surface area contributed by atoms with Gasteiger partial charge in [0, 0.05) is 38.3 Å². The molecule has 0 aliphatic heterocycles. The summed E-state index contributed by atoms with van der Waals surface area (Å²) in [6, 6.07) is 18.2. The van der Waals surface area contributed by atoms with Gasteiger partial charge in [-0.15, -0.1) is 11.3 Å². The SMILES string of the molecule is CN(Cc1cn(-c2ccccc2)nc1-c1cccs1)C(=O)CCNS(=O)(=O)c1ccc(F)cc1. The summed E-state index contributed by atoms with van der Waals surface area (Å²) >= 11 is 1.57. The van der Waals surface area contributed by atoms with Crippen LogP contribution in [-0.2, 0) is 21.4 Å². The van der Waals surface area contributed by atoms with E-state index in [1.807, 2.05) is 54.0 Å². The fraction of sp³-hybridized carbons (Fsp3) is 0.167. The summed E-state index contributed by atoms with van der Waals surface area (Å²) in [5.74, 6) is -0.736. The Morgan fingerprint density at radius 3 is 2.50 bits per heavy atom. The van der Waals surface area contributed by atoms with Crippen LogP contribution < -0.4 is 4.72 Å². The lowest BCUT2D eigenvalue weighted by Gasteiger charge is -2.17. The molecule has 34 heavy (non-hydrogen) atoms. The molecule has 0 saturated heterocycles. The summed E-state index contributed by atoms with van der Waals surface area (Å²) < 4.78 is 41.9. The quantitative estimate of drug-likeness (QED) is 0.377. The standard InChI is InChI=1S/C24H23FN4O3S2/c1-28(23(30)13-14-26-34(31,32)21-11-9-19(25)10-12-21)16-18-17-29(20-6-3-2-4-7-20)27-24(18)22-8-5-15-33-22/h2-12,15,17,26H,13-14,16H2,1H3. The van der Waals surface area contributed by atoms with Crippen molar-refractivity contribution in [1.29, 1.82) is 0 Å². The van der Waals surface area contributed by atoms with Gasteiger partial charge in [-0.25, -0.2) is 22.2 Å². The van der Waals surface area contributed by atoms with Crippen LogP contribution in [0.5, 0.6) is 0 Å². The van der Waals surface area contributed by atoms with E-state index < -0.39 is 15.8 Å². The van der Waals surface area contributed by atoms with Crippen LogP contribution in [0.3, 0.4) is 0 Å². The topological polar surface area (TPSA) is 84.3 Å². The minimum Gasteiger partial charge on any atom is -0.341 e. The summed E-state index contributed by atoms with van der Waals surface area (Å²) in [5, 5.41) is 6.72. The van der Waals surface area contributed by atoms with Crippen LogP contribution >= 0.6 is 11.3 Å². The van der Waals surface area contributed by atoms with Crippen molar-refractivity contribution in [1.82, 2.24) is 19.4 Å². The van der Waals surface area contributed by atoms with Crippen molar-refractivity contribution in [3.63, 3.8) is 0 Å². The maximum Gasteiger partial charge on any atom is 0.240 e. The molecule has 4 rings (SSSR count). The highest BCUT2D eigenvalue weighted by molar-refractivity contribution is 7.89. The van der Waals surface area contributed by atoms with Gasteiger partial charge in [-0.2, -0.15) is 5.10 Å². The van der Waals surface area contributed by atoms with Gasteiger partial charge in [0.1, 0.15) is 11.5 Å². The van der Waals surface area contributed by atoms with Crippen LogP contribution in [0.1, 0.15) is 12.0 Å². The summed E-state index contributed by atoms with van der Waals surface area (Å²) in [4.78, 5) is 15.2. The molecule has 0 aliphatic carbocycles. The second-order valence-corrected chi connectivity index (χ2v) is 10.3. The second-order valence-electron chi connectivity index (χ2n) is 7.61. The molecule has 0 radical (unpaired) electrons. The molecule has 0 atom stereocenters. The van der Waals surface area contributed by atoms with Gasteiger partial charge in [-0.3, -0.25) is 4.79 Å². The van der Waals surface area contributed by atoms with Crippen LogP contribution in [0, 0.1) is 5.82 Å². The van der Waals surface area contributed by atoms with E-state index in [-0.39, 0.29) is 23.8 Å². The van der Waals surface area contributed by atoms with Gasteiger partial charge in [0.15, 0.2) is 0 Å². The highest BCUT2D eigenvalue weighted by Crippen LogP contribution is 2.28. The second kappa shape index (κ2) is 10.3. The van der Waals surface area contributed by atoms with Crippen LogP contribution in [0.25, 0.3) is 16.3 Å². The number of para-hydroxylation sites is 1. The average Bonchev–Trinajstić information content (AvgIpc) is 3.50. The number of halogens is 1. The Morgan fingerprint density at radius 2 is 1.82 bits per heavy atom. The molecular formula is C24H23FN4O3S2. The third kappa shape index (κ3) is 5.58. The fourth-order valence-corrected chi connectivity index (χ4v) is 5.16. The Kier molecular flexibility index (Phi) is 7.20. The third-order valence-corrected chi connectivity index (χ3v) is 7.51. The predicted molar refractivity (Wildman–Crippen MR) is 130 cm³/mol. The van der Waals surface area contributed by atoms with Gasteiger partial charge in [-0.05, 0) is 47.8 Å². The number of carbonyl (C=O) groups is 1. The molecule has 7 nitrogen and oxygen atoms in total. The molecule has 2 aromatic carbocycles. The lowest BCUT2D eigenvalue weighted by molar-refractivity contribution is -0.130. The smallest absolute Gasteiger partial charge is 0.240 e. The Labute approximate surface area is 201 Å². The molecule has 0 spiro atoms. The van der Waals surface area contributed by atoms with Crippen LogP contribution in [0.15, 0.2) is 83.2 Å². The first-order valence-electron chi connectivity index (χ1n) is 10.5. The van der Waals surface area contributed by atoms with Crippen molar-refractivity contribution >= 4 is 27.3 Å². The minimum absolute atomic E-state index is 0.0158. The van der Waals surface area contributed by atoms with Gasteiger partial charge < -0.3 is 4.90 Å². The largest absolute Gasteiger partial charge is 0.341 e. The maximum atomic E-state index is 13.0. The molecule has 4 aromatic rings. The number of thiophene rings is 1. The van der Waals surface area contributed by atoms with Gasteiger partial charge in [0.25, 0.3) is 0 Å². The molecular weight excluding hydrogens is 475 g/mol. The van der Waals surface area contributed by atoms with E-state index in [1.165, 1.54) is 12.1 Å². The number of sulfonamides is 1. The zero-order chi connectivity index (χ0) is 24.1. The van der Waals surface area contributed by atoms with E-state index in [0.717, 1.165) is 34.0 Å². The number of benzene rings is 2. The summed E-state index contributed by atoms with van der Waals surface area (Å²) in [7, 11) is -2.14. The Balaban J connectivity index is 1.42. The molecule has 2 aromatic heterocycles. The van der Waals surface area contributed by atoms with E-state index in [0.29, 0.717) is 6.54 Å². The monoisotopic (exact) mass is 498 g/mol. The number of nitrogens with zero attached hydrogens (tertiary/aromatic N) is 3. The van der Waals surface area contributed by atoms with Crippen molar-refractivity contribution in [2.75, 3.05) is 13.6 Å². The van der Waals surface area contributed by atoms with E-state index in [1.54, 1.807) is 28.0 Å². The zero-order valence-corrected chi connectivity index (χ0v) is 20.0. The van der Waals surface area contributed by atoms with Gasteiger partial charge in [-0.1, -0.05) is 24.3 Å². The van der Waals surface area contributed by atoms with Crippen molar-refractivity contribution in [3.8, 4) is 16.3 Å². The van der Waals surface area contributed by atoms with Crippen molar-refractivity contribution in [2.24, 2.45) is 0 Å². The molecule has 1 N–H and O–H groups in total. The lowest BCUT2D eigenvalue weighted by atomic mass is 10.2. The van der Waals surface area contributed by atoms with E-state index in [2.05, 4.69) is 4.72 Å². The van der Waals surface area contributed by atoms with Crippen molar-refractivity contribution in [2.45, 2.75) is 17.9 Å². The van der Waals surface area contributed by atoms with Crippen LogP contribution in [0.4, 0.5) is 4.39 Å². The molecule has 0 bridgehead atoms.